The molecule has 0 spiro atoms. The first kappa shape index (κ1) is 19.9. The van der Waals surface area contributed by atoms with Crippen LogP contribution in [0.25, 0.3) is 17.4 Å². The lowest BCUT2D eigenvalue weighted by Crippen LogP contribution is -2.06. The molecule has 0 aliphatic carbocycles. The van der Waals surface area contributed by atoms with Gasteiger partial charge in [-0.2, -0.15) is 0 Å². The number of cyclic esters (lactones) is 1. The smallest absolute Gasteiger partial charge is 0.363 e. The number of rotatable bonds is 4. The molecule has 1 aromatic heterocycles. The summed E-state index contributed by atoms with van der Waals surface area (Å²) in [5.74, 6) is 0.453. The number of benzene rings is 2. The molecule has 0 saturated carbocycles. The van der Waals surface area contributed by atoms with Crippen molar-refractivity contribution in [2.45, 2.75) is 6.92 Å². The van der Waals surface area contributed by atoms with Crippen LogP contribution in [0.3, 0.4) is 0 Å². The van der Waals surface area contributed by atoms with Gasteiger partial charge in [-0.1, -0.05) is 23.2 Å². The first-order valence-corrected chi connectivity index (χ1v) is 9.51. The van der Waals surface area contributed by atoms with Crippen LogP contribution in [0.4, 0.5) is 0 Å². The normalized spacial score (nSPS) is 14.6. The Morgan fingerprint density at radius 1 is 1.07 bits per heavy atom. The molecule has 3 aromatic rings. The van der Waals surface area contributed by atoms with Crippen LogP contribution in [0.5, 0.6) is 5.75 Å². The van der Waals surface area contributed by atoms with Gasteiger partial charge in [0.25, 0.3) is 0 Å². The van der Waals surface area contributed by atoms with E-state index in [9.17, 15) is 9.59 Å². The summed E-state index contributed by atoms with van der Waals surface area (Å²) in [6.07, 6.45) is 1.48. The molecule has 0 N–H and O–H groups in total. The molecule has 0 fully saturated rings. The van der Waals surface area contributed by atoms with Crippen LogP contribution in [0.15, 0.2) is 69.7 Å². The number of furan rings is 1. The summed E-state index contributed by atoms with van der Waals surface area (Å²) in [7, 11) is 0. The lowest BCUT2D eigenvalue weighted by Gasteiger charge is -2.02. The minimum absolute atomic E-state index is 0.0946. The molecule has 6 nitrogen and oxygen atoms in total. The fourth-order valence-corrected chi connectivity index (χ4v) is 3.26. The van der Waals surface area contributed by atoms with Crippen LogP contribution in [0, 0.1) is 0 Å². The standard InChI is InChI=1S/C22H13Cl2NO5/c1-12(26)28-15-5-2-13(3-6-15)21-25-19(22(27)30-21)11-16-7-9-20(29-16)17-8-4-14(23)10-18(17)24/h2-11H,1H3/b19-11-. The number of esters is 2. The maximum absolute atomic E-state index is 12.2. The monoisotopic (exact) mass is 441 g/mol. The molecule has 0 amide bonds. The van der Waals surface area contributed by atoms with Gasteiger partial charge in [-0.15, -0.1) is 0 Å². The molecule has 1 aliphatic heterocycles. The van der Waals surface area contributed by atoms with Crippen LogP contribution >= 0.6 is 23.2 Å². The Morgan fingerprint density at radius 3 is 2.53 bits per heavy atom. The summed E-state index contributed by atoms with van der Waals surface area (Å²) in [6, 6.07) is 15.0. The van der Waals surface area contributed by atoms with Gasteiger partial charge in [0, 0.05) is 29.1 Å². The van der Waals surface area contributed by atoms with E-state index in [1.54, 1.807) is 54.6 Å². The summed E-state index contributed by atoms with van der Waals surface area (Å²) in [6.45, 7) is 1.31. The lowest BCUT2D eigenvalue weighted by molar-refractivity contribution is -0.132. The summed E-state index contributed by atoms with van der Waals surface area (Å²) < 4.78 is 16.0. The number of carbonyl (C=O) groups excluding carboxylic acids is 2. The van der Waals surface area contributed by atoms with E-state index >= 15 is 0 Å². The van der Waals surface area contributed by atoms with E-state index < -0.39 is 11.9 Å². The van der Waals surface area contributed by atoms with E-state index in [2.05, 4.69) is 4.99 Å². The van der Waals surface area contributed by atoms with E-state index in [0.29, 0.717) is 38.4 Å². The zero-order valence-corrected chi connectivity index (χ0v) is 17.0. The van der Waals surface area contributed by atoms with Crippen LogP contribution in [0.1, 0.15) is 18.2 Å². The zero-order valence-electron chi connectivity index (χ0n) is 15.5. The Kier molecular flexibility index (Phi) is 5.44. The number of hydrogen-bond donors (Lipinski definition) is 0. The van der Waals surface area contributed by atoms with E-state index in [0.717, 1.165) is 0 Å². The predicted octanol–water partition coefficient (Wildman–Crippen LogP) is 5.52. The fourth-order valence-electron chi connectivity index (χ4n) is 2.76. The second-order valence-electron chi connectivity index (χ2n) is 6.28. The number of hydrogen-bond acceptors (Lipinski definition) is 6. The summed E-state index contributed by atoms with van der Waals surface area (Å²) in [5.41, 5.74) is 1.34. The molecule has 0 atom stereocenters. The van der Waals surface area contributed by atoms with Crippen molar-refractivity contribution in [3.05, 3.63) is 81.7 Å². The first-order chi connectivity index (χ1) is 14.4. The van der Waals surface area contributed by atoms with Gasteiger partial charge >= 0.3 is 11.9 Å². The van der Waals surface area contributed by atoms with Crippen LogP contribution < -0.4 is 4.74 Å². The van der Waals surface area contributed by atoms with Crippen molar-refractivity contribution in [3.63, 3.8) is 0 Å². The zero-order chi connectivity index (χ0) is 21.3. The van der Waals surface area contributed by atoms with Crippen molar-refractivity contribution in [2.75, 3.05) is 0 Å². The average Bonchev–Trinajstić information content (AvgIpc) is 3.29. The highest BCUT2D eigenvalue weighted by Crippen LogP contribution is 2.32. The van der Waals surface area contributed by atoms with Gasteiger partial charge < -0.3 is 13.9 Å². The van der Waals surface area contributed by atoms with Crippen LogP contribution in [-0.2, 0) is 14.3 Å². The second kappa shape index (κ2) is 8.18. The molecule has 150 valence electrons. The fraction of sp³-hybridized carbons (Fsp3) is 0.0455. The molecule has 0 radical (unpaired) electrons. The summed E-state index contributed by atoms with van der Waals surface area (Å²) in [5, 5.41) is 0.975. The highest BCUT2D eigenvalue weighted by Gasteiger charge is 2.24. The highest BCUT2D eigenvalue weighted by molar-refractivity contribution is 6.36. The van der Waals surface area contributed by atoms with Gasteiger partial charge in [-0.3, -0.25) is 4.79 Å². The maximum atomic E-state index is 12.2. The number of nitrogens with zero attached hydrogens (tertiary/aromatic N) is 1. The van der Waals surface area contributed by atoms with Crippen molar-refractivity contribution in [1.82, 2.24) is 0 Å². The van der Waals surface area contributed by atoms with Gasteiger partial charge in [0.05, 0.1) is 5.02 Å². The Hall–Kier alpha value is -3.35. The first-order valence-electron chi connectivity index (χ1n) is 8.76. The Balaban J connectivity index is 1.57. The second-order valence-corrected chi connectivity index (χ2v) is 7.12. The number of carbonyl (C=O) groups is 2. The van der Waals surface area contributed by atoms with E-state index in [-0.39, 0.29) is 11.6 Å². The molecule has 1 aliphatic rings. The Labute approximate surface area is 181 Å². The minimum Gasteiger partial charge on any atom is -0.457 e. The molecule has 4 rings (SSSR count). The maximum Gasteiger partial charge on any atom is 0.363 e. The van der Waals surface area contributed by atoms with Crippen LogP contribution in [-0.4, -0.2) is 17.8 Å². The van der Waals surface area contributed by atoms with Gasteiger partial charge in [-0.25, -0.2) is 9.79 Å². The van der Waals surface area contributed by atoms with Crippen molar-refractivity contribution < 1.29 is 23.5 Å². The SMILES string of the molecule is CC(=O)Oc1ccc(C2=N/C(=C\c3ccc(-c4ccc(Cl)cc4Cl)o3)C(=O)O2)cc1. The molecule has 2 heterocycles. The quantitative estimate of drug-likeness (QED) is 0.302. The summed E-state index contributed by atoms with van der Waals surface area (Å²) in [4.78, 5) is 27.4. The molecule has 0 saturated heterocycles. The van der Waals surface area contributed by atoms with Crippen LogP contribution in [0.2, 0.25) is 10.0 Å². The Morgan fingerprint density at radius 2 is 1.83 bits per heavy atom. The molecule has 0 bridgehead atoms. The molecular weight excluding hydrogens is 429 g/mol. The third-order valence-corrected chi connectivity index (χ3v) is 4.63. The highest BCUT2D eigenvalue weighted by atomic mass is 35.5. The molecular formula is C22H13Cl2NO5. The van der Waals surface area contributed by atoms with E-state index in [1.807, 2.05) is 0 Å². The average molecular weight is 442 g/mol. The van der Waals surface area contributed by atoms with Gasteiger partial charge in [0.15, 0.2) is 5.70 Å². The Bertz CT molecular complexity index is 1210. The lowest BCUT2D eigenvalue weighted by atomic mass is 10.2. The molecule has 30 heavy (non-hydrogen) atoms. The summed E-state index contributed by atoms with van der Waals surface area (Å²) >= 11 is 12.1. The van der Waals surface area contributed by atoms with Crippen molar-refractivity contribution in [2.24, 2.45) is 4.99 Å². The largest absolute Gasteiger partial charge is 0.457 e. The van der Waals surface area contributed by atoms with Gasteiger partial charge in [-0.05, 0) is 54.6 Å². The van der Waals surface area contributed by atoms with E-state index in [1.165, 1.54) is 13.0 Å². The number of halogens is 2. The number of aliphatic imine (C=N–C) groups is 1. The predicted molar refractivity (Wildman–Crippen MR) is 113 cm³/mol. The topological polar surface area (TPSA) is 78.1 Å². The van der Waals surface area contributed by atoms with Crippen molar-refractivity contribution in [3.8, 4) is 17.1 Å². The third kappa shape index (κ3) is 4.30. The van der Waals surface area contributed by atoms with Crippen molar-refractivity contribution in [1.29, 1.82) is 0 Å². The van der Waals surface area contributed by atoms with Crippen molar-refractivity contribution >= 4 is 47.1 Å². The van der Waals surface area contributed by atoms with Gasteiger partial charge in [0.1, 0.15) is 17.3 Å². The minimum atomic E-state index is -0.600. The van der Waals surface area contributed by atoms with E-state index in [4.69, 9.17) is 37.1 Å². The molecule has 0 unspecified atom stereocenters. The molecule has 8 heteroatoms. The third-order valence-electron chi connectivity index (χ3n) is 4.09. The van der Waals surface area contributed by atoms with Gasteiger partial charge in [0.2, 0.25) is 5.90 Å². The number of ether oxygens (including phenoxy) is 2. The molecule has 2 aromatic carbocycles.